The third-order valence-corrected chi connectivity index (χ3v) is 11.3. The highest BCUT2D eigenvalue weighted by Crippen LogP contribution is 2.66. The molecule has 0 radical (unpaired) electrons. The second-order valence-electron chi connectivity index (χ2n) is 12.8. The summed E-state index contributed by atoms with van der Waals surface area (Å²) in [6, 6.07) is 46.7. The van der Waals surface area contributed by atoms with Gasteiger partial charge in [-0.05, 0) is 34.4 Å². The van der Waals surface area contributed by atoms with Gasteiger partial charge < -0.3 is 22.1 Å². The van der Waals surface area contributed by atoms with Gasteiger partial charge in [-0.3, -0.25) is 0 Å². The second kappa shape index (κ2) is 17.7. The van der Waals surface area contributed by atoms with Crippen LogP contribution in [0.1, 0.15) is 57.3 Å². The van der Waals surface area contributed by atoms with Gasteiger partial charge in [-0.2, -0.15) is 0 Å². The summed E-state index contributed by atoms with van der Waals surface area (Å²) < 4.78 is 0. The molecule has 6 aromatic rings. The fourth-order valence-corrected chi connectivity index (χ4v) is 8.44. The molecule has 1 aliphatic carbocycles. The van der Waals surface area contributed by atoms with Gasteiger partial charge in [-0.25, -0.2) is 19.9 Å². The van der Waals surface area contributed by atoms with Crippen molar-refractivity contribution in [2.45, 2.75) is 46.8 Å². The van der Waals surface area contributed by atoms with Crippen LogP contribution in [0, 0.1) is 0 Å². The van der Waals surface area contributed by atoms with Gasteiger partial charge in [0, 0.05) is 61.4 Å². The van der Waals surface area contributed by atoms with E-state index in [9.17, 15) is 0 Å². The van der Waals surface area contributed by atoms with E-state index in [2.05, 4.69) is 132 Å². The van der Waals surface area contributed by atoms with E-state index in [1.165, 1.54) is 22.3 Å². The molecule has 264 valence electrons. The van der Waals surface area contributed by atoms with Gasteiger partial charge in [-0.15, -0.1) is 23.5 Å². The van der Waals surface area contributed by atoms with Crippen LogP contribution in [0.4, 0.5) is 11.9 Å². The average Bonchev–Trinajstić information content (AvgIpc) is 3.19. The van der Waals surface area contributed by atoms with Gasteiger partial charge in [-0.1, -0.05) is 121 Å². The van der Waals surface area contributed by atoms with Crippen LogP contribution in [0.5, 0.6) is 0 Å². The Morgan fingerprint density at radius 2 is 0.827 bits per heavy atom. The number of hydrogen-bond donors (Lipinski definition) is 4. The second-order valence-corrected chi connectivity index (χ2v) is 15.0. The van der Waals surface area contributed by atoms with Crippen molar-refractivity contribution in [3.8, 4) is 0 Å². The molecule has 8 nitrogen and oxygen atoms in total. The van der Waals surface area contributed by atoms with E-state index in [1.807, 2.05) is 12.1 Å². The van der Waals surface area contributed by atoms with Crippen molar-refractivity contribution in [3.63, 3.8) is 0 Å². The number of hydrogen-bond acceptors (Lipinski definition) is 10. The highest BCUT2D eigenvalue weighted by atomic mass is 32.2. The number of rotatable bonds is 16. The molecule has 7 rings (SSSR count). The molecule has 0 saturated heterocycles. The van der Waals surface area contributed by atoms with Crippen LogP contribution >= 0.6 is 23.5 Å². The van der Waals surface area contributed by atoms with Crippen LogP contribution < -0.4 is 22.1 Å². The quantitative estimate of drug-likeness (QED) is 0.0575. The van der Waals surface area contributed by atoms with Gasteiger partial charge in [0.15, 0.2) is 0 Å². The third kappa shape index (κ3) is 8.65. The van der Waals surface area contributed by atoms with Crippen LogP contribution in [0.3, 0.4) is 0 Å². The van der Waals surface area contributed by atoms with E-state index in [-0.39, 0.29) is 23.7 Å². The first kappa shape index (κ1) is 35.7. The summed E-state index contributed by atoms with van der Waals surface area (Å²) in [6.45, 7) is 2.40. The lowest BCUT2D eigenvalue weighted by Crippen LogP contribution is -2.41. The van der Waals surface area contributed by atoms with E-state index >= 15 is 0 Å². The molecule has 0 unspecified atom stereocenters. The molecule has 0 atom stereocenters. The van der Waals surface area contributed by atoms with Gasteiger partial charge in [0.2, 0.25) is 11.9 Å². The summed E-state index contributed by atoms with van der Waals surface area (Å²) in [5.74, 6) is 3.10. The Hall–Kier alpha value is -4.74. The van der Waals surface area contributed by atoms with Crippen molar-refractivity contribution in [2.24, 2.45) is 11.5 Å². The number of thioether (sulfide) groups is 2. The highest BCUT2D eigenvalue weighted by molar-refractivity contribution is 7.99. The predicted molar refractivity (Wildman–Crippen MR) is 215 cm³/mol. The Bertz CT molecular complexity index is 1850. The molecule has 6 N–H and O–H groups in total. The van der Waals surface area contributed by atoms with Crippen LogP contribution in [-0.4, -0.2) is 44.5 Å². The molecule has 4 aromatic carbocycles. The normalized spacial score (nSPS) is 18.0. The molecule has 1 saturated carbocycles. The first-order chi connectivity index (χ1) is 25.7. The Kier molecular flexibility index (Phi) is 12.1. The van der Waals surface area contributed by atoms with E-state index in [4.69, 9.17) is 31.4 Å². The lowest BCUT2D eigenvalue weighted by molar-refractivity contribution is 0.219. The van der Waals surface area contributed by atoms with Crippen molar-refractivity contribution >= 4 is 35.4 Å². The van der Waals surface area contributed by atoms with Crippen LogP contribution in [0.2, 0.25) is 0 Å². The zero-order valence-corrected chi connectivity index (χ0v) is 30.6. The molecule has 0 amide bonds. The maximum atomic E-state index is 5.97. The Balaban J connectivity index is 1.32. The van der Waals surface area contributed by atoms with Crippen molar-refractivity contribution in [2.75, 3.05) is 35.2 Å². The number of aromatic nitrogens is 4. The Morgan fingerprint density at radius 1 is 0.462 bits per heavy atom. The predicted octanol–water partition coefficient (Wildman–Crippen LogP) is 8.04. The lowest BCUT2D eigenvalue weighted by Gasteiger charge is -2.52. The Morgan fingerprint density at radius 3 is 1.19 bits per heavy atom. The highest BCUT2D eigenvalue weighted by Gasteiger charge is 2.54. The molecule has 0 bridgehead atoms. The minimum absolute atomic E-state index is 0.0585. The topological polar surface area (TPSA) is 128 Å². The van der Waals surface area contributed by atoms with E-state index in [0.29, 0.717) is 38.1 Å². The molecule has 52 heavy (non-hydrogen) atoms. The fourth-order valence-electron chi connectivity index (χ4n) is 7.08. The number of anilines is 2. The summed E-state index contributed by atoms with van der Waals surface area (Å²) in [5.41, 5.74) is 18.8. The molecular weight excluding hydrogens is 681 g/mol. The van der Waals surface area contributed by atoms with Crippen molar-refractivity contribution in [1.82, 2.24) is 19.9 Å². The summed E-state index contributed by atoms with van der Waals surface area (Å²) in [5, 5.41) is 8.89. The molecule has 1 fully saturated rings. The molecule has 2 aromatic heterocycles. The molecule has 0 aliphatic heterocycles. The molecule has 1 aliphatic rings. The van der Waals surface area contributed by atoms with Gasteiger partial charge in [0.25, 0.3) is 0 Å². The summed E-state index contributed by atoms with van der Waals surface area (Å²) in [7, 11) is 0. The molecular formula is C42H44N8S2. The first-order valence-electron chi connectivity index (χ1n) is 17.8. The van der Waals surface area contributed by atoms with Crippen molar-refractivity contribution in [1.29, 1.82) is 0 Å². The summed E-state index contributed by atoms with van der Waals surface area (Å²) in [4.78, 5) is 20.4. The minimum Gasteiger partial charge on any atom is -0.350 e. The van der Waals surface area contributed by atoms with Crippen LogP contribution in [-0.2, 0) is 13.1 Å². The van der Waals surface area contributed by atoms with Crippen LogP contribution in [0.25, 0.3) is 0 Å². The first-order valence-corrected chi connectivity index (χ1v) is 19.8. The number of benzene rings is 4. The van der Waals surface area contributed by atoms with E-state index < -0.39 is 0 Å². The molecule has 2 heterocycles. The maximum absolute atomic E-state index is 5.97. The number of nitrogens with one attached hydrogen (secondary N) is 2. The number of nitrogens with zero attached hydrogens (tertiary/aromatic N) is 4. The monoisotopic (exact) mass is 724 g/mol. The largest absolute Gasteiger partial charge is 0.350 e. The third-order valence-electron chi connectivity index (χ3n) is 9.37. The Labute approximate surface area is 314 Å². The fraction of sp³-hybridized carbons (Fsp3) is 0.238. The van der Waals surface area contributed by atoms with Gasteiger partial charge >= 0.3 is 0 Å². The summed E-state index contributed by atoms with van der Waals surface area (Å²) in [6.07, 6.45) is 0. The SMILES string of the molecule is NCCSc1cc([C@H]2[C@H](c3ccccc3)[C@H](c3cc(SCCN)nc(NCc4ccccc4)n3)[C@H]2c2ccccc2)nc(NCc2ccccc2)n1. The molecule has 0 spiro atoms. The average molecular weight is 725 g/mol. The lowest BCUT2D eigenvalue weighted by atomic mass is 9.50. The smallest absolute Gasteiger partial charge is 0.224 e. The zero-order valence-electron chi connectivity index (χ0n) is 29.0. The maximum Gasteiger partial charge on any atom is 0.224 e. The van der Waals surface area contributed by atoms with Crippen molar-refractivity contribution in [3.05, 3.63) is 167 Å². The van der Waals surface area contributed by atoms with E-state index in [0.717, 1.165) is 32.9 Å². The van der Waals surface area contributed by atoms with Crippen molar-refractivity contribution < 1.29 is 0 Å². The molecule has 10 heteroatoms. The summed E-state index contributed by atoms with van der Waals surface area (Å²) >= 11 is 3.34. The minimum atomic E-state index is 0.0585. The number of nitrogens with two attached hydrogens (primary N) is 2. The van der Waals surface area contributed by atoms with E-state index in [1.54, 1.807) is 23.5 Å². The zero-order chi connectivity index (χ0) is 35.5. The van der Waals surface area contributed by atoms with Crippen LogP contribution in [0.15, 0.2) is 144 Å². The van der Waals surface area contributed by atoms with Gasteiger partial charge in [0.1, 0.15) is 10.1 Å². The standard InChI is InChI=1S/C42H44N8S2/c43-21-23-51-35-25-33(47-41(49-35)45-27-29-13-5-1-6-14-29)39-37(31-17-9-3-10-18-31)40(38(39)32-19-11-4-12-20-32)34-26-36(52-24-22-44)50-42(48-34)46-28-30-15-7-2-8-16-30/h1-20,25-26,37-40H,21-24,27-28,43-44H2,(H,45,47,49)(H,46,48,50)/t37-,38-,39-,40-. The van der Waals surface area contributed by atoms with Gasteiger partial charge in [0.05, 0.1) is 11.4 Å².